The Hall–Kier alpha value is -1.36. The fourth-order valence-corrected chi connectivity index (χ4v) is 1.68. The maximum Gasteiger partial charge on any atom is 0.151 e. The Labute approximate surface area is 86.9 Å². The Balaban J connectivity index is 2.27. The molecule has 0 spiro atoms. The van der Waals surface area contributed by atoms with E-state index in [1.165, 1.54) is 12.1 Å². The number of nitrogens with two attached hydrogens (primary N) is 1. The Bertz CT molecular complexity index is 339. The Morgan fingerprint density at radius 2 is 1.67 bits per heavy atom. The van der Waals surface area contributed by atoms with Crippen LogP contribution in [0.15, 0.2) is 12.1 Å². The van der Waals surface area contributed by atoms with Gasteiger partial charge in [-0.1, -0.05) is 0 Å². The molecule has 1 fully saturated rings. The second kappa shape index (κ2) is 4.02. The van der Waals surface area contributed by atoms with E-state index in [0.29, 0.717) is 5.69 Å². The van der Waals surface area contributed by atoms with Gasteiger partial charge in [0.25, 0.3) is 0 Å². The molecule has 3 N–H and O–H groups in total. The molecular weight excluding hydrogens is 200 g/mol. The van der Waals surface area contributed by atoms with Crippen molar-refractivity contribution in [1.29, 1.82) is 0 Å². The van der Waals surface area contributed by atoms with Crippen LogP contribution in [0.5, 0.6) is 0 Å². The van der Waals surface area contributed by atoms with Gasteiger partial charge in [0.2, 0.25) is 0 Å². The minimum absolute atomic E-state index is 0.408. The third-order valence-electron chi connectivity index (χ3n) is 2.55. The van der Waals surface area contributed by atoms with Gasteiger partial charge in [-0.2, -0.15) is 0 Å². The summed E-state index contributed by atoms with van der Waals surface area (Å²) in [7, 11) is 0. The van der Waals surface area contributed by atoms with Crippen LogP contribution in [0.1, 0.15) is 0 Å². The standard InChI is InChI=1S/C10H13F2N3/c11-8-5-7(6-9(12)10(8)13)15-3-1-14-2-4-15/h5-6,14H,1-4,13H2. The molecule has 5 heteroatoms. The molecule has 1 heterocycles. The van der Waals surface area contributed by atoms with E-state index in [1.54, 1.807) is 0 Å². The lowest BCUT2D eigenvalue weighted by molar-refractivity contribution is 0.572. The number of benzene rings is 1. The van der Waals surface area contributed by atoms with Gasteiger partial charge in [0.05, 0.1) is 0 Å². The highest BCUT2D eigenvalue weighted by atomic mass is 19.1. The van der Waals surface area contributed by atoms with Gasteiger partial charge >= 0.3 is 0 Å². The SMILES string of the molecule is Nc1c(F)cc(N2CCNCC2)cc1F. The number of nitrogens with zero attached hydrogens (tertiary/aromatic N) is 1. The molecule has 1 aromatic carbocycles. The van der Waals surface area contributed by atoms with E-state index in [4.69, 9.17) is 5.73 Å². The zero-order valence-corrected chi connectivity index (χ0v) is 8.26. The summed E-state index contributed by atoms with van der Waals surface area (Å²) in [4.78, 5) is 1.93. The van der Waals surface area contributed by atoms with Gasteiger partial charge in [-0.25, -0.2) is 8.78 Å². The zero-order valence-electron chi connectivity index (χ0n) is 8.26. The number of anilines is 2. The van der Waals surface area contributed by atoms with E-state index >= 15 is 0 Å². The summed E-state index contributed by atoms with van der Waals surface area (Å²) >= 11 is 0. The summed E-state index contributed by atoms with van der Waals surface area (Å²) in [5.74, 6) is -1.38. The van der Waals surface area contributed by atoms with Gasteiger partial charge in [0.1, 0.15) is 5.69 Å². The number of piperazine rings is 1. The average molecular weight is 213 g/mol. The number of hydrogen-bond acceptors (Lipinski definition) is 3. The van der Waals surface area contributed by atoms with E-state index in [1.807, 2.05) is 4.90 Å². The van der Waals surface area contributed by atoms with Crippen molar-refractivity contribution in [2.75, 3.05) is 36.8 Å². The van der Waals surface area contributed by atoms with Crippen LogP contribution >= 0.6 is 0 Å². The molecule has 3 nitrogen and oxygen atoms in total. The molecule has 1 aromatic rings. The molecule has 82 valence electrons. The molecule has 0 amide bonds. The first-order chi connectivity index (χ1) is 7.18. The van der Waals surface area contributed by atoms with Gasteiger partial charge in [-0.05, 0) is 12.1 Å². The number of nitrogen functional groups attached to an aromatic ring is 1. The molecule has 0 aliphatic carbocycles. The first-order valence-corrected chi connectivity index (χ1v) is 4.88. The predicted molar refractivity (Wildman–Crippen MR) is 55.9 cm³/mol. The highest BCUT2D eigenvalue weighted by Crippen LogP contribution is 2.23. The van der Waals surface area contributed by atoms with Crippen LogP contribution in [0.2, 0.25) is 0 Å². The van der Waals surface area contributed by atoms with Gasteiger partial charge in [-0.3, -0.25) is 0 Å². The first-order valence-electron chi connectivity index (χ1n) is 4.88. The highest BCUT2D eigenvalue weighted by molar-refractivity contribution is 5.55. The van der Waals surface area contributed by atoms with E-state index < -0.39 is 17.3 Å². The number of rotatable bonds is 1. The molecule has 0 aromatic heterocycles. The average Bonchev–Trinajstić information content (AvgIpc) is 2.26. The van der Waals surface area contributed by atoms with E-state index in [9.17, 15) is 8.78 Å². The third-order valence-corrected chi connectivity index (χ3v) is 2.55. The molecule has 1 aliphatic rings. The molecule has 2 rings (SSSR count). The normalized spacial score (nSPS) is 16.8. The van der Waals surface area contributed by atoms with Crippen LogP contribution in [-0.2, 0) is 0 Å². The Morgan fingerprint density at radius 1 is 1.13 bits per heavy atom. The number of halogens is 2. The van der Waals surface area contributed by atoms with Gasteiger partial charge < -0.3 is 16.0 Å². The molecule has 1 aliphatic heterocycles. The lowest BCUT2D eigenvalue weighted by Crippen LogP contribution is -2.43. The Kier molecular flexibility index (Phi) is 2.73. The van der Waals surface area contributed by atoms with Crippen molar-refractivity contribution >= 4 is 11.4 Å². The lowest BCUT2D eigenvalue weighted by Gasteiger charge is -2.29. The first kappa shape index (κ1) is 10.2. The minimum atomic E-state index is -0.691. The fraction of sp³-hybridized carbons (Fsp3) is 0.400. The molecule has 1 saturated heterocycles. The summed E-state index contributed by atoms with van der Waals surface area (Å²) in [5.41, 5.74) is 5.35. The summed E-state index contributed by atoms with van der Waals surface area (Å²) in [6, 6.07) is 2.56. The van der Waals surface area contributed by atoms with Gasteiger partial charge in [0.15, 0.2) is 11.6 Å². The van der Waals surface area contributed by atoms with Crippen molar-refractivity contribution in [1.82, 2.24) is 5.32 Å². The minimum Gasteiger partial charge on any atom is -0.394 e. The topological polar surface area (TPSA) is 41.3 Å². The smallest absolute Gasteiger partial charge is 0.151 e. The molecule has 0 unspecified atom stereocenters. The molecule has 0 bridgehead atoms. The summed E-state index contributed by atoms with van der Waals surface area (Å²) in [6.07, 6.45) is 0. The van der Waals surface area contributed by atoms with E-state index in [-0.39, 0.29) is 0 Å². The quantitative estimate of drug-likeness (QED) is 0.683. The zero-order chi connectivity index (χ0) is 10.8. The van der Waals surface area contributed by atoms with Gasteiger partial charge in [-0.15, -0.1) is 0 Å². The summed E-state index contributed by atoms with van der Waals surface area (Å²) in [5, 5.41) is 3.17. The van der Waals surface area contributed by atoms with Crippen molar-refractivity contribution in [2.45, 2.75) is 0 Å². The molecule has 0 radical (unpaired) electrons. The van der Waals surface area contributed by atoms with Crippen molar-refractivity contribution in [2.24, 2.45) is 0 Å². The third kappa shape index (κ3) is 2.02. The van der Waals surface area contributed by atoms with Crippen LogP contribution in [0.4, 0.5) is 20.2 Å². The monoisotopic (exact) mass is 213 g/mol. The largest absolute Gasteiger partial charge is 0.394 e. The highest BCUT2D eigenvalue weighted by Gasteiger charge is 2.14. The van der Waals surface area contributed by atoms with E-state index in [2.05, 4.69) is 5.32 Å². The van der Waals surface area contributed by atoms with E-state index in [0.717, 1.165) is 26.2 Å². The van der Waals surface area contributed by atoms with Crippen molar-refractivity contribution in [3.8, 4) is 0 Å². The van der Waals surface area contributed by atoms with Crippen LogP contribution in [0, 0.1) is 11.6 Å². The fourth-order valence-electron chi connectivity index (χ4n) is 1.68. The maximum absolute atomic E-state index is 13.2. The van der Waals surface area contributed by atoms with Crippen LogP contribution < -0.4 is 16.0 Å². The second-order valence-corrected chi connectivity index (χ2v) is 3.56. The second-order valence-electron chi connectivity index (χ2n) is 3.56. The molecule has 0 saturated carbocycles. The van der Waals surface area contributed by atoms with Crippen molar-refractivity contribution in [3.05, 3.63) is 23.8 Å². The van der Waals surface area contributed by atoms with Crippen LogP contribution in [-0.4, -0.2) is 26.2 Å². The summed E-state index contributed by atoms with van der Waals surface area (Å²) in [6.45, 7) is 3.16. The lowest BCUT2D eigenvalue weighted by atomic mass is 10.2. The molecular formula is C10H13F2N3. The predicted octanol–water partition coefficient (Wildman–Crippen LogP) is 0.957. The molecule has 15 heavy (non-hydrogen) atoms. The Morgan fingerprint density at radius 3 is 2.20 bits per heavy atom. The number of nitrogens with one attached hydrogen (secondary N) is 1. The van der Waals surface area contributed by atoms with Crippen molar-refractivity contribution in [3.63, 3.8) is 0 Å². The van der Waals surface area contributed by atoms with Crippen LogP contribution in [0.3, 0.4) is 0 Å². The number of hydrogen-bond donors (Lipinski definition) is 2. The van der Waals surface area contributed by atoms with Gasteiger partial charge in [0, 0.05) is 31.9 Å². The van der Waals surface area contributed by atoms with Crippen LogP contribution in [0.25, 0.3) is 0 Å². The molecule has 0 atom stereocenters. The van der Waals surface area contributed by atoms with Crippen molar-refractivity contribution < 1.29 is 8.78 Å². The summed E-state index contributed by atoms with van der Waals surface area (Å²) < 4.78 is 26.4. The maximum atomic E-state index is 13.2.